The van der Waals surface area contributed by atoms with Crippen LogP contribution in [0, 0.1) is 0 Å². The maximum absolute atomic E-state index is 11.4. The number of primary sulfonamides is 1. The molecule has 0 atom stereocenters. The van der Waals surface area contributed by atoms with Crippen molar-refractivity contribution in [2.45, 2.75) is 4.90 Å². The molecule has 0 amide bonds. The van der Waals surface area contributed by atoms with E-state index in [1.54, 1.807) is 0 Å². The van der Waals surface area contributed by atoms with Gasteiger partial charge in [-0.2, -0.15) is 0 Å². The second-order valence-corrected chi connectivity index (χ2v) is 5.40. The molecule has 0 saturated heterocycles. The minimum Gasteiger partial charge on any atom is -0.496 e. The number of nitrogens with two attached hydrogens (primary N) is 1. The molecule has 0 aromatic heterocycles. The van der Waals surface area contributed by atoms with Gasteiger partial charge < -0.3 is 9.47 Å². The van der Waals surface area contributed by atoms with Crippen molar-refractivity contribution in [1.29, 1.82) is 0 Å². The quantitative estimate of drug-likeness (QED) is 0.833. The highest BCUT2D eigenvalue weighted by molar-refractivity contribution is 9.10. The first-order chi connectivity index (χ1) is 7.81. The number of esters is 1. The molecule has 94 valence electrons. The minimum absolute atomic E-state index is 0.0118. The third-order valence-corrected chi connectivity index (χ3v) is 3.84. The molecule has 0 saturated carbocycles. The molecule has 0 aliphatic heterocycles. The molecule has 0 fully saturated rings. The van der Waals surface area contributed by atoms with Gasteiger partial charge in [0.25, 0.3) is 0 Å². The molecule has 17 heavy (non-hydrogen) atoms. The smallest absolute Gasteiger partial charge is 0.341 e. The molecule has 0 aliphatic rings. The fraction of sp³-hybridized carbons (Fsp3) is 0.222. The zero-order valence-electron chi connectivity index (χ0n) is 9.06. The van der Waals surface area contributed by atoms with Crippen LogP contribution in [0.4, 0.5) is 0 Å². The van der Waals surface area contributed by atoms with Gasteiger partial charge in [0.2, 0.25) is 10.0 Å². The van der Waals surface area contributed by atoms with Gasteiger partial charge in [0.05, 0.1) is 19.1 Å². The highest BCUT2D eigenvalue weighted by Gasteiger charge is 2.21. The van der Waals surface area contributed by atoms with Crippen LogP contribution in [0.3, 0.4) is 0 Å². The normalized spacial score (nSPS) is 11.1. The molecule has 0 unspecified atom stereocenters. The Kier molecular flexibility index (Phi) is 4.12. The molecule has 1 aromatic carbocycles. The lowest BCUT2D eigenvalue weighted by Crippen LogP contribution is -2.15. The lowest BCUT2D eigenvalue weighted by molar-refractivity contribution is 0.0596. The maximum atomic E-state index is 11.4. The van der Waals surface area contributed by atoms with Crippen LogP contribution >= 0.6 is 15.9 Å². The molecule has 0 radical (unpaired) electrons. The van der Waals surface area contributed by atoms with Gasteiger partial charge in [0.1, 0.15) is 11.3 Å². The SMILES string of the molecule is COC(=O)c1cc(S(N)(=O)=O)c(Br)cc1OC. The third-order valence-electron chi connectivity index (χ3n) is 1.97. The molecular formula is C9H10BrNO5S. The molecule has 0 aliphatic carbocycles. The minimum atomic E-state index is -3.93. The third kappa shape index (κ3) is 2.96. The monoisotopic (exact) mass is 323 g/mol. The standard InChI is InChI=1S/C9H10BrNO5S/c1-15-7-4-6(10)8(17(11,13)14)3-5(7)9(12)16-2/h3-4H,1-2H3,(H2,11,13,14). The van der Waals surface area contributed by atoms with Gasteiger partial charge in [-0.3, -0.25) is 0 Å². The van der Waals surface area contributed by atoms with Crippen molar-refractivity contribution in [3.8, 4) is 5.75 Å². The second kappa shape index (κ2) is 5.03. The van der Waals surface area contributed by atoms with E-state index in [0.29, 0.717) is 0 Å². The number of carbonyl (C=O) groups excluding carboxylic acids is 1. The zero-order chi connectivity index (χ0) is 13.2. The van der Waals surface area contributed by atoms with E-state index in [1.165, 1.54) is 20.3 Å². The van der Waals surface area contributed by atoms with E-state index >= 15 is 0 Å². The van der Waals surface area contributed by atoms with E-state index < -0.39 is 16.0 Å². The molecule has 8 heteroatoms. The zero-order valence-corrected chi connectivity index (χ0v) is 11.5. The van der Waals surface area contributed by atoms with E-state index in [-0.39, 0.29) is 20.7 Å². The van der Waals surface area contributed by atoms with Crippen LogP contribution in [-0.4, -0.2) is 28.6 Å². The van der Waals surface area contributed by atoms with Gasteiger partial charge >= 0.3 is 5.97 Å². The van der Waals surface area contributed by atoms with Crippen LogP contribution in [0.1, 0.15) is 10.4 Å². The van der Waals surface area contributed by atoms with Crippen molar-refractivity contribution in [2.75, 3.05) is 14.2 Å². The van der Waals surface area contributed by atoms with E-state index in [2.05, 4.69) is 20.7 Å². The Morgan fingerprint density at radius 2 is 1.94 bits per heavy atom. The van der Waals surface area contributed by atoms with Gasteiger partial charge in [0.15, 0.2) is 0 Å². The van der Waals surface area contributed by atoms with E-state index in [0.717, 1.165) is 6.07 Å². The fourth-order valence-electron chi connectivity index (χ4n) is 1.19. The molecule has 0 spiro atoms. The molecule has 1 rings (SSSR count). The average Bonchev–Trinajstić information content (AvgIpc) is 2.25. The number of benzene rings is 1. The first-order valence-corrected chi connectivity index (χ1v) is 6.64. The molecular weight excluding hydrogens is 314 g/mol. The Bertz CT molecular complexity index is 555. The van der Waals surface area contributed by atoms with Crippen molar-refractivity contribution >= 4 is 31.9 Å². The van der Waals surface area contributed by atoms with Crippen molar-refractivity contribution in [2.24, 2.45) is 5.14 Å². The fourth-order valence-corrected chi connectivity index (χ4v) is 2.80. The number of carbonyl (C=O) groups is 1. The summed E-state index contributed by atoms with van der Waals surface area (Å²) in [5.74, 6) is -0.518. The summed E-state index contributed by atoms with van der Waals surface area (Å²) in [7, 11) is -1.40. The maximum Gasteiger partial charge on any atom is 0.341 e. The predicted octanol–water partition coefficient (Wildman–Crippen LogP) is 0.892. The number of sulfonamides is 1. The molecule has 2 N–H and O–H groups in total. The van der Waals surface area contributed by atoms with Crippen LogP contribution in [0.25, 0.3) is 0 Å². The molecule has 0 bridgehead atoms. The number of ether oxygens (including phenoxy) is 2. The van der Waals surface area contributed by atoms with Crippen molar-refractivity contribution < 1.29 is 22.7 Å². The van der Waals surface area contributed by atoms with Crippen LogP contribution in [0.2, 0.25) is 0 Å². The van der Waals surface area contributed by atoms with Gasteiger partial charge in [0, 0.05) is 4.47 Å². The molecule has 6 nitrogen and oxygen atoms in total. The second-order valence-electron chi connectivity index (χ2n) is 3.02. The van der Waals surface area contributed by atoms with Gasteiger partial charge in [-0.25, -0.2) is 18.4 Å². The lowest BCUT2D eigenvalue weighted by atomic mass is 10.2. The first kappa shape index (κ1) is 13.9. The number of rotatable bonds is 3. The molecule has 0 heterocycles. The van der Waals surface area contributed by atoms with Gasteiger partial charge in [-0.1, -0.05) is 0 Å². The highest BCUT2D eigenvalue weighted by Crippen LogP contribution is 2.30. The van der Waals surface area contributed by atoms with Crippen LogP contribution in [0.5, 0.6) is 5.75 Å². The summed E-state index contributed by atoms with van der Waals surface area (Å²) >= 11 is 3.04. The molecule has 1 aromatic rings. The van der Waals surface area contributed by atoms with E-state index in [1.807, 2.05) is 0 Å². The van der Waals surface area contributed by atoms with E-state index in [4.69, 9.17) is 9.88 Å². The predicted molar refractivity (Wildman–Crippen MR) is 63.4 cm³/mol. The van der Waals surface area contributed by atoms with Crippen LogP contribution in [0.15, 0.2) is 21.5 Å². The Morgan fingerprint density at radius 3 is 2.35 bits per heavy atom. The van der Waals surface area contributed by atoms with Crippen molar-refractivity contribution in [1.82, 2.24) is 0 Å². The summed E-state index contributed by atoms with van der Waals surface area (Å²) in [6.45, 7) is 0. The summed E-state index contributed by atoms with van der Waals surface area (Å²) < 4.78 is 32.2. The lowest BCUT2D eigenvalue weighted by Gasteiger charge is -2.10. The number of hydrogen-bond donors (Lipinski definition) is 1. The summed E-state index contributed by atoms with van der Waals surface area (Å²) in [5, 5.41) is 5.01. The number of methoxy groups -OCH3 is 2. The average molecular weight is 324 g/mol. The summed E-state index contributed by atoms with van der Waals surface area (Å²) in [6, 6.07) is 2.44. The Morgan fingerprint density at radius 1 is 1.35 bits per heavy atom. The topological polar surface area (TPSA) is 95.7 Å². The summed E-state index contributed by atoms with van der Waals surface area (Å²) in [6.07, 6.45) is 0. The summed E-state index contributed by atoms with van der Waals surface area (Å²) in [4.78, 5) is 11.2. The van der Waals surface area contributed by atoms with Crippen molar-refractivity contribution in [3.63, 3.8) is 0 Å². The van der Waals surface area contributed by atoms with Gasteiger partial charge in [-0.05, 0) is 28.1 Å². The summed E-state index contributed by atoms with van der Waals surface area (Å²) in [5.41, 5.74) is -0.0118. The van der Waals surface area contributed by atoms with Crippen molar-refractivity contribution in [3.05, 3.63) is 22.2 Å². The Balaban J connectivity index is 3.54. The Labute approximate surface area is 107 Å². The van der Waals surface area contributed by atoms with Gasteiger partial charge in [-0.15, -0.1) is 0 Å². The van der Waals surface area contributed by atoms with Crippen LogP contribution < -0.4 is 9.88 Å². The highest BCUT2D eigenvalue weighted by atomic mass is 79.9. The first-order valence-electron chi connectivity index (χ1n) is 4.30. The van der Waals surface area contributed by atoms with E-state index in [9.17, 15) is 13.2 Å². The largest absolute Gasteiger partial charge is 0.496 e. The number of halogens is 1. The Hall–Kier alpha value is -1.12. The number of hydrogen-bond acceptors (Lipinski definition) is 5. The van der Waals surface area contributed by atoms with Crippen LogP contribution in [-0.2, 0) is 14.8 Å².